The first-order valence-corrected chi connectivity index (χ1v) is 9.94. The molecule has 0 radical (unpaired) electrons. The van der Waals surface area contributed by atoms with Crippen molar-refractivity contribution in [2.75, 3.05) is 21.3 Å². The van der Waals surface area contributed by atoms with Gasteiger partial charge in [-0.1, -0.05) is 60.7 Å². The third-order valence-electron chi connectivity index (χ3n) is 5.42. The number of carbonyl (C=O) groups excluding carboxylic acids is 4. The predicted molar refractivity (Wildman–Crippen MR) is 115 cm³/mol. The highest BCUT2D eigenvalue weighted by Crippen LogP contribution is 2.33. The molecule has 32 heavy (non-hydrogen) atoms. The molecule has 0 aliphatic carbocycles. The SMILES string of the molecule is COC(=O)C[C@H](C(=O)OC)[C@@H](NC(=O)C(C)(c1ccccc1)c1ccccc1)C(=O)OC. The van der Waals surface area contributed by atoms with Crippen molar-refractivity contribution in [2.45, 2.75) is 24.8 Å². The van der Waals surface area contributed by atoms with Gasteiger partial charge in [0.25, 0.3) is 0 Å². The van der Waals surface area contributed by atoms with Crippen LogP contribution in [-0.2, 0) is 38.8 Å². The first kappa shape index (κ1) is 24.6. The average Bonchev–Trinajstić information content (AvgIpc) is 2.85. The van der Waals surface area contributed by atoms with Crippen LogP contribution in [-0.4, -0.2) is 51.2 Å². The van der Waals surface area contributed by atoms with E-state index in [9.17, 15) is 19.2 Å². The second kappa shape index (κ2) is 11.1. The summed E-state index contributed by atoms with van der Waals surface area (Å²) in [7, 11) is 3.41. The van der Waals surface area contributed by atoms with Crippen LogP contribution in [0.2, 0.25) is 0 Å². The Hall–Kier alpha value is -3.68. The molecule has 0 saturated carbocycles. The summed E-state index contributed by atoms with van der Waals surface area (Å²) in [5.74, 6) is -4.37. The van der Waals surface area contributed by atoms with Crippen molar-refractivity contribution in [3.63, 3.8) is 0 Å². The molecule has 0 unspecified atom stereocenters. The van der Waals surface area contributed by atoms with E-state index in [1.807, 2.05) is 12.1 Å². The summed E-state index contributed by atoms with van der Waals surface area (Å²) >= 11 is 0. The van der Waals surface area contributed by atoms with E-state index in [1.54, 1.807) is 55.5 Å². The Morgan fingerprint density at radius 1 is 0.781 bits per heavy atom. The van der Waals surface area contributed by atoms with Crippen LogP contribution in [0.25, 0.3) is 0 Å². The van der Waals surface area contributed by atoms with Gasteiger partial charge in [-0.2, -0.15) is 0 Å². The third-order valence-corrected chi connectivity index (χ3v) is 5.42. The molecule has 0 fully saturated rings. The lowest BCUT2D eigenvalue weighted by molar-refractivity contribution is -0.159. The largest absolute Gasteiger partial charge is 0.469 e. The van der Waals surface area contributed by atoms with E-state index in [-0.39, 0.29) is 0 Å². The van der Waals surface area contributed by atoms with Gasteiger partial charge in [0.05, 0.1) is 39.1 Å². The minimum absolute atomic E-state index is 0.476. The van der Waals surface area contributed by atoms with Crippen LogP contribution in [0.5, 0.6) is 0 Å². The Balaban J connectivity index is 2.52. The maximum Gasteiger partial charge on any atom is 0.329 e. The molecule has 8 nitrogen and oxygen atoms in total. The standard InChI is InChI=1S/C24H27NO7/c1-24(16-11-7-5-8-12-16,17-13-9-6-10-14-17)23(29)25-20(22(28)32-4)18(21(27)31-3)15-19(26)30-2/h5-14,18,20H,15H2,1-4H3,(H,25,29)/t18-,20+/m0/s1. The molecule has 0 heterocycles. The zero-order chi connectivity index (χ0) is 23.7. The quantitative estimate of drug-likeness (QED) is 0.468. The van der Waals surface area contributed by atoms with Gasteiger partial charge in [0.2, 0.25) is 5.91 Å². The van der Waals surface area contributed by atoms with Crippen molar-refractivity contribution in [1.82, 2.24) is 5.32 Å². The van der Waals surface area contributed by atoms with E-state index in [0.29, 0.717) is 11.1 Å². The number of nitrogens with one attached hydrogen (secondary N) is 1. The second-order valence-corrected chi connectivity index (χ2v) is 7.24. The molecule has 1 N–H and O–H groups in total. The van der Waals surface area contributed by atoms with Crippen LogP contribution in [0.1, 0.15) is 24.5 Å². The number of benzene rings is 2. The number of amides is 1. The van der Waals surface area contributed by atoms with Crippen LogP contribution >= 0.6 is 0 Å². The van der Waals surface area contributed by atoms with Crippen molar-refractivity contribution in [1.29, 1.82) is 0 Å². The summed E-state index contributed by atoms with van der Waals surface area (Å²) in [4.78, 5) is 50.6. The Morgan fingerprint density at radius 3 is 1.66 bits per heavy atom. The van der Waals surface area contributed by atoms with Crippen LogP contribution in [0.4, 0.5) is 0 Å². The first-order chi connectivity index (χ1) is 15.3. The number of methoxy groups -OCH3 is 3. The van der Waals surface area contributed by atoms with E-state index in [1.165, 1.54) is 0 Å². The van der Waals surface area contributed by atoms with Gasteiger partial charge in [0.15, 0.2) is 0 Å². The molecular weight excluding hydrogens is 414 g/mol. The number of esters is 3. The molecule has 8 heteroatoms. The summed E-state index contributed by atoms with van der Waals surface area (Å²) in [6, 6.07) is 16.6. The second-order valence-electron chi connectivity index (χ2n) is 7.24. The van der Waals surface area contributed by atoms with E-state index in [4.69, 9.17) is 9.47 Å². The molecule has 0 aliphatic heterocycles. The fraction of sp³-hybridized carbons (Fsp3) is 0.333. The zero-order valence-electron chi connectivity index (χ0n) is 18.5. The number of hydrogen-bond acceptors (Lipinski definition) is 7. The number of hydrogen-bond donors (Lipinski definition) is 1. The molecule has 0 bridgehead atoms. The molecular formula is C24H27NO7. The maximum absolute atomic E-state index is 13.7. The van der Waals surface area contributed by atoms with E-state index < -0.39 is 47.6 Å². The summed E-state index contributed by atoms with van der Waals surface area (Å²) in [5.41, 5.74) is 0.144. The number of rotatable bonds is 9. The van der Waals surface area contributed by atoms with Crippen LogP contribution in [0, 0.1) is 5.92 Å². The molecule has 1 amide bonds. The predicted octanol–water partition coefficient (Wildman–Crippen LogP) is 2.00. The Bertz CT molecular complexity index is 904. The van der Waals surface area contributed by atoms with Gasteiger partial charge in [0.1, 0.15) is 6.04 Å². The topological polar surface area (TPSA) is 108 Å². The molecule has 0 aromatic heterocycles. The van der Waals surface area contributed by atoms with Crippen molar-refractivity contribution in [2.24, 2.45) is 5.92 Å². The molecule has 170 valence electrons. The zero-order valence-corrected chi connectivity index (χ0v) is 18.5. The van der Waals surface area contributed by atoms with Gasteiger partial charge in [-0.05, 0) is 18.1 Å². The van der Waals surface area contributed by atoms with Crippen molar-refractivity contribution in [3.8, 4) is 0 Å². The lowest BCUT2D eigenvalue weighted by atomic mass is 9.75. The summed E-state index contributed by atoms with van der Waals surface area (Å²) in [6.07, 6.45) is -0.476. The normalized spacial score (nSPS) is 12.8. The monoisotopic (exact) mass is 441 g/mol. The highest BCUT2D eigenvalue weighted by Gasteiger charge is 2.43. The lowest BCUT2D eigenvalue weighted by Crippen LogP contribution is -2.55. The highest BCUT2D eigenvalue weighted by atomic mass is 16.5. The Labute approximate surface area is 186 Å². The molecule has 0 aliphatic rings. The van der Waals surface area contributed by atoms with Gasteiger partial charge in [-0.15, -0.1) is 0 Å². The first-order valence-electron chi connectivity index (χ1n) is 9.94. The van der Waals surface area contributed by atoms with Crippen molar-refractivity contribution >= 4 is 23.8 Å². The summed E-state index contributed by atoms with van der Waals surface area (Å²) < 4.78 is 14.2. The highest BCUT2D eigenvalue weighted by molar-refractivity contribution is 5.96. The van der Waals surface area contributed by atoms with Crippen LogP contribution in [0.15, 0.2) is 60.7 Å². The smallest absolute Gasteiger partial charge is 0.329 e. The summed E-state index contributed by atoms with van der Waals surface area (Å²) in [6.45, 7) is 1.72. The number of carbonyl (C=O) groups is 4. The van der Waals surface area contributed by atoms with Gasteiger partial charge in [-0.3, -0.25) is 14.4 Å². The fourth-order valence-corrected chi connectivity index (χ4v) is 3.46. The van der Waals surface area contributed by atoms with Crippen LogP contribution in [0.3, 0.4) is 0 Å². The molecule has 2 atom stereocenters. The van der Waals surface area contributed by atoms with Gasteiger partial charge < -0.3 is 19.5 Å². The fourth-order valence-electron chi connectivity index (χ4n) is 3.46. The van der Waals surface area contributed by atoms with Crippen molar-refractivity contribution in [3.05, 3.63) is 71.8 Å². The van der Waals surface area contributed by atoms with E-state index in [0.717, 1.165) is 21.3 Å². The molecule has 2 rings (SSSR count). The third kappa shape index (κ3) is 5.32. The minimum atomic E-state index is -1.47. The minimum Gasteiger partial charge on any atom is -0.469 e. The van der Waals surface area contributed by atoms with Gasteiger partial charge in [-0.25, -0.2) is 4.79 Å². The molecule has 0 spiro atoms. The molecule has 2 aromatic rings. The molecule has 2 aromatic carbocycles. The Morgan fingerprint density at radius 2 is 1.25 bits per heavy atom. The lowest BCUT2D eigenvalue weighted by Gasteiger charge is -2.32. The van der Waals surface area contributed by atoms with Crippen LogP contribution < -0.4 is 5.32 Å². The number of ether oxygens (including phenoxy) is 3. The van der Waals surface area contributed by atoms with E-state index >= 15 is 0 Å². The Kier molecular flexibility index (Phi) is 8.52. The average molecular weight is 441 g/mol. The van der Waals surface area contributed by atoms with Gasteiger partial charge >= 0.3 is 17.9 Å². The maximum atomic E-state index is 13.7. The van der Waals surface area contributed by atoms with E-state index in [2.05, 4.69) is 10.1 Å². The van der Waals surface area contributed by atoms with Gasteiger partial charge in [0, 0.05) is 0 Å². The van der Waals surface area contributed by atoms with Crippen molar-refractivity contribution < 1.29 is 33.4 Å². The summed E-state index contributed by atoms with van der Waals surface area (Å²) in [5, 5.41) is 2.63. The molecule has 0 saturated heterocycles.